The van der Waals surface area contributed by atoms with Gasteiger partial charge in [-0.05, 0) is 34.0 Å². The van der Waals surface area contributed by atoms with Crippen molar-refractivity contribution in [1.29, 1.82) is 0 Å². The maximum absolute atomic E-state index is 12.3. The van der Waals surface area contributed by atoms with Crippen molar-refractivity contribution in [3.8, 4) is 5.69 Å². The number of hydrogen-bond donors (Lipinski definition) is 1. The average Bonchev–Trinajstić information content (AvgIpc) is 3.17. The van der Waals surface area contributed by atoms with Crippen LogP contribution < -0.4 is 0 Å². The Morgan fingerprint density at radius 2 is 2.00 bits per heavy atom. The summed E-state index contributed by atoms with van der Waals surface area (Å²) in [7, 11) is 0. The maximum Gasteiger partial charge on any atom is 0.308 e. The molecular formula is C15H17N5O3. The van der Waals surface area contributed by atoms with Crippen LogP contribution in [0.1, 0.15) is 12.5 Å². The molecule has 2 aromatic rings. The van der Waals surface area contributed by atoms with Crippen molar-refractivity contribution in [2.24, 2.45) is 11.8 Å². The lowest BCUT2D eigenvalue weighted by atomic mass is 9.99. The molecule has 120 valence electrons. The quantitative estimate of drug-likeness (QED) is 0.875. The molecule has 8 heteroatoms. The third kappa shape index (κ3) is 3.20. The Morgan fingerprint density at radius 1 is 1.26 bits per heavy atom. The summed E-state index contributed by atoms with van der Waals surface area (Å²) in [5, 5.41) is 20.1. The molecule has 1 aromatic heterocycles. The van der Waals surface area contributed by atoms with E-state index in [4.69, 9.17) is 5.11 Å². The monoisotopic (exact) mass is 315 g/mol. The van der Waals surface area contributed by atoms with Crippen LogP contribution in [-0.2, 0) is 16.0 Å². The van der Waals surface area contributed by atoms with Crippen LogP contribution in [0.5, 0.6) is 0 Å². The van der Waals surface area contributed by atoms with Crippen molar-refractivity contribution >= 4 is 11.9 Å². The number of aliphatic carboxylic acids is 1. The molecular weight excluding hydrogens is 298 g/mol. The van der Waals surface area contributed by atoms with Crippen LogP contribution in [0.2, 0.25) is 0 Å². The Bertz CT molecular complexity index is 698. The Balaban J connectivity index is 1.63. The first kappa shape index (κ1) is 15.1. The SMILES string of the molecule is C[C@@H]1CN(C(=O)Cc2ccc(-n3cnnn3)cc2)C[C@H]1C(=O)O. The molecule has 1 N–H and O–H groups in total. The van der Waals surface area contributed by atoms with Gasteiger partial charge in [0.15, 0.2) is 0 Å². The van der Waals surface area contributed by atoms with Gasteiger partial charge >= 0.3 is 5.97 Å². The minimum atomic E-state index is -0.835. The Labute approximate surface area is 132 Å². The molecule has 0 radical (unpaired) electrons. The largest absolute Gasteiger partial charge is 0.481 e. The second-order valence-electron chi connectivity index (χ2n) is 5.82. The molecule has 1 saturated heterocycles. The third-order valence-corrected chi connectivity index (χ3v) is 4.19. The number of carbonyl (C=O) groups is 2. The lowest BCUT2D eigenvalue weighted by Gasteiger charge is -2.16. The van der Waals surface area contributed by atoms with Gasteiger partial charge in [-0.2, -0.15) is 0 Å². The molecule has 1 aliphatic heterocycles. The number of hydrogen-bond acceptors (Lipinski definition) is 5. The summed E-state index contributed by atoms with van der Waals surface area (Å²) >= 11 is 0. The smallest absolute Gasteiger partial charge is 0.308 e. The molecule has 2 atom stereocenters. The normalized spacial score (nSPS) is 20.7. The van der Waals surface area contributed by atoms with E-state index >= 15 is 0 Å². The van der Waals surface area contributed by atoms with Crippen molar-refractivity contribution in [3.05, 3.63) is 36.2 Å². The number of benzene rings is 1. The van der Waals surface area contributed by atoms with Crippen molar-refractivity contribution < 1.29 is 14.7 Å². The first-order valence-corrected chi connectivity index (χ1v) is 7.37. The average molecular weight is 315 g/mol. The number of amides is 1. The fraction of sp³-hybridized carbons (Fsp3) is 0.400. The van der Waals surface area contributed by atoms with Gasteiger partial charge in [0, 0.05) is 13.1 Å². The Morgan fingerprint density at radius 3 is 2.57 bits per heavy atom. The number of carbonyl (C=O) groups excluding carboxylic acids is 1. The fourth-order valence-electron chi connectivity index (χ4n) is 2.82. The summed E-state index contributed by atoms with van der Waals surface area (Å²) in [6.07, 6.45) is 1.76. The highest BCUT2D eigenvalue weighted by Gasteiger charge is 2.36. The summed E-state index contributed by atoms with van der Waals surface area (Å²) in [5.74, 6) is -1.37. The van der Waals surface area contributed by atoms with Gasteiger partial charge in [0.2, 0.25) is 5.91 Å². The van der Waals surface area contributed by atoms with Crippen molar-refractivity contribution in [2.45, 2.75) is 13.3 Å². The minimum absolute atomic E-state index is 0.0151. The van der Waals surface area contributed by atoms with E-state index in [2.05, 4.69) is 15.5 Å². The van der Waals surface area contributed by atoms with E-state index in [9.17, 15) is 9.59 Å². The predicted octanol–water partition coefficient (Wildman–Crippen LogP) is 0.384. The molecule has 1 amide bonds. The van der Waals surface area contributed by atoms with Crippen molar-refractivity contribution in [3.63, 3.8) is 0 Å². The number of aromatic nitrogens is 4. The van der Waals surface area contributed by atoms with E-state index in [1.54, 1.807) is 4.90 Å². The summed E-state index contributed by atoms with van der Waals surface area (Å²) in [6.45, 7) is 2.66. The number of likely N-dealkylation sites (tertiary alicyclic amines) is 1. The molecule has 0 bridgehead atoms. The van der Waals surface area contributed by atoms with Gasteiger partial charge in [-0.1, -0.05) is 19.1 Å². The molecule has 0 saturated carbocycles. The summed E-state index contributed by atoms with van der Waals surface area (Å²) in [4.78, 5) is 25.1. The van der Waals surface area contributed by atoms with Crippen LogP contribution in [-0.4, -0.2) is 55.2 Å². The zero-order valence-corrected chi connectivity index (χ0v) is 12.7. The van der Waals surface area contributed by atoms with Gasteiger partial charge in [-0.25, -0.2) is 4.68 Å². The van der Waals surface area contributed by atoms with Gasteiger partial charge in [-0.3, -0.25) is 9.59 Å². The van der Waals surface area contributed by atoms with Crippen LogP contribution in [0, 0.1) is 11.8 Å². The first-order chi connectivity index (χ1) is 11.0. The van der Waals surface area contributed by atoms with Crippen molar-refractivity contribution in [2.75, 3.05) is 13.1 Å². The second kappa shape index (κ2) is 6.15. The van der Waals surface area contributed by atoms with Gasteiger partial charge < -0.3 is 10.0 Å². The van der Waals surface area contributed by atoms with Gasteiger partial charge in [0.05, 0.1) is 18.0 Å². The highest BCUT2D eigenvalue weighted by Crippen LogP contribution is 2.23. The first-order valence-electron chi connectivity index (χ1n) is 7.37. The lowest BCUT2D eigenvalue weighted by molar-refractivity contribution is -0.142. The molecule has 3 rings (SSSR count). The molecule has 1 fully saturated rings. The Kier molecular flexibility index (Phi) is 4.05. The highest BCUT2D eigenvalue weighted by atomic mass is 16.4. The van der Waals surface area contributed by atoms with E-state index in [1.165, 1.54) is 11.0 Å². The van der Waals surface area contributed by atoms with E-state index in [0.29, 0.717) is 6.54 Å². The molecule has 2 heterocycles. The molecule has 0 aliphatic carbocycles. The zero-order valence-electron chi connectivity index (χ0n) is 12.7. The van der Waals surface area contributed by atoms with Crippen LogP contribution in [0.3, 0.4) is 0 Å². The fourth-order valence-corrected chi connectivity index (χ4v) is 2.82. The standard InChI is InChI=1S/C15H17N5O3/c1-10-7-19(8-13(10)15(22)23)14(21)6-11-2-4-12(5-3-11)20-9-16-17-18-20/h2-5,9-10,13H,6-8H2,1H3,(H,22,23)/t10-,13-/m1/s1. The molecule has 23 heavy (non-hydrogen) atoms. The molecule has 1 aliphatic rings. The molecule has 0 unspecified atom stereocenters. The van der Waals surface area contributed by atoms with E-state index in [-0.39, 0.29) is 24.8 Å². The zero-order chi connectivity index (χ0) is 16.4. The highest BCUT2D eigenvalue weighted by molar-refractivity contribution is 5.81. The summed E-state index contributed by atoms with van der Waals surface area (Å²) in [5.41, 5.74) is 1.69. The maximum atomic E-state index is 12.3. The topological polar surface area (TPSA) is 101 Å². The van der Waals surface area contributed by atoms with Gasteiger partial charge in [0.1, 0.15) is 6.33 Å². The number of carboxylic acid groups (broad SMARTS) is 1. The predicted molar refractivity (Wildman–Crippen MR) is 79.7 cm³/mol. The Hall–Kier alpha value is -2.77. The van der Waals surface area contributed by atoms with Crippen LogP contribution in [0.4, 0.5) is 0 Å². The molecule has 0 spiro atoms. The summed E-state index contributed by atoms with van der Waals surface area (Å²) < 4.78 is 1.53. The van der Waals surface area contributed by atoms with Crippen LogP contribution >= 0.6 is 0 Å². The number of tetrazole rings is 1. The lowest BCUT2D eigenvalue weighted by Crippen LogP contribution is -2.31. The van der Waals surface area contributed by atoms with E-state index in [0.717, 1.165) is 11.3 Å². The molecule has 1 aromatic carbocycles. The third-order valence-electron chi connectivity index (χ3n) is 4.19. The minimum Gasteiger partial charge on any atom is -0.481 e. The summed E-state index contributed by atoms with van der Waals surface area (Å²) in [6, 6.07) is 7.38. The van der Waals surface area contributed by atoms with E-state index < -0.39 is 11.9 Å². The number of rotatable bonds is 4. The van der Waals surface area contributed by atoms with Crippen LogP contribution in [0.25, 0.3) is 5.69 Å². The van der Waals surface area contributed by atoms with Crippen molar-refractivity contribution in [1.82, 2.24) is 25.1 Å². The van der Waals surface area contributed by atoms with E-state index in [1.807, 2.05) is 31.2 Å². The number of carboxylic acids is 1. The second-order valence-corrected chi connectivity index (χ2v) is 5.82. The van der Waals surface area contributed by atoms with Gasteiger partial charge in [0.25, 0.3) is 0 Å². The molecule has 8 nitrogen and oxygen atoms in total. The van der Waals surface area contributed by atoms with Gasteiger partial charge in [-0.15, -0.1) is 5.10 Å². The number of nitrogens with zero attached hydrogens (tertiary/aromatic N) is 5. The van der Waals surface area contributed by atoms with Crippen LogP contribution in [0.15, 0.2) is 30.6 Å².